The summed E-state index contributed by atoms with van der Waals surface area (Å²) < 4.78 is 30.2. The molecule has 0 aliphatic carbocycles. The van der Waals surface area contributed by atoms with Gasteiger partial charge < -0.3 is 14.7 Å². The second kappa shape index (κ2) is 11.1. The number of fused-ring (bicyclic) bond motifs is 1. The number of aryl methyl sites for hydroxylation is 1. The number of aromatic nitrogens is 6. The molecule has 0 spiro atoms. The van der Waals surface area contributed by atoms with E-state index in [9.17, 15) is 18.0 Å². The molecule has 214 valence electrons. The van der Waals surface area contributed by atoms with Crippen molar-refractivity contribution in [3.8, 4) is 0 Å². The Morgan fingerprint density at radius 3 is 1.93 bits per heavy atom. The second-order valence-electron chi connectivity index (χ2n) is 9.70. The van der Waals surface area contributed by atoms with Gasteiger partial charge in [0.05, 0.1) is 11.7 Å². The van der Waals surface area contributed by atoms with Crippen molar-refractivity contribution in [3.05, 3.63) is 58.5 Å². The van der Waals surface area contributed by atoms with Gasteiger partial charge in [-0.2, -0.15) is 4.31 Å². The SMILES string of the molecule is Cc1sc2ncn(CC(=O)N3CCN(c4ncccn4)CC3)c(=O)c2c1S(=O)(=O)N1CCN(c2ncccn2)CC1. The summed E-state index contributed by atoms with van der Waals surface area (Å²) in [6, 6.07) is 3.48. The maximum absolute atomic E-state index is 13.8. The number of carbonyl (C=O) groups is 1. The van der Waals surface area contributed by atoms with Gasteiger partial charge in [-0.3, -0.25) is 14.2 Å². The Balaban J connectivity index is 1.19. The third-order valence-corrected chi connectivity index (χ3v) is 10.5. The molecule has 6 rings (SSSR count). The lowest BCUT2D eigenvalue weighted by Gasteiger charge is -2.34. The summed E-state index contributed by atoms with van der Waals surface area (Å²) in [5.41, 5.74) is -0.543. The Morgan fingerprint density at radius 2 is 1.37 bits per heavy atom. The number of amides is 1. The van der Waals surface area contributed by atoms with Gasteiger partial charge in [0.1, 0.15) is 16.3 Å². The van der Waals surface area contributed by atoms with E-state index >= 15 is 0 Å². The lowest BCUT2D eigenvalue weighted by Crippen LogP contribution is -2.50. The van der Waals surface area contributed by atoms with Crippen molar-refractivity contribution >= 4 is 49.4 Å². The van der Waals surface area contributed by atoms with Gasteiger partial charge in [-0.05, 0) is 19.1 Å². The van der Waals surface area contributed by atoms with Gasteiger partial charge in [0, 0.05) is 82.0 Å². The monoisotopic (exact) mass is 596 g/mol. The minimum atomic E-state index is -3.99. The number of piperazine rings is 2. The summed E-state index contributed by atoms with van der Waals surface area (Å²) >= 11 is 1.16. The van der Waals surface area contributed by atoms with Gasteiger partial charge in [0.2, 0.25) is 27.8 Å². The van der Waals surface area contributed by atoms with Crippen molar-refractivity contribution in [2.24, 2.45) is 0 Å². The lowest BCUT2D eigenvalue weighted by molar-refractivity contribution is -0.132. The smallest absolute Gasteiger partial charge is 0.263 e. The molecule has 0 saturated carbocycles. The van der Waals surface area contributed by atoms with Crippen LogP contribution in [-0.2, 0) is 21.4 Å². The first-order valence-corrected chi connectivity index (χ1v) is 15.4. The number of sulfonamides is 1. The van der Waals surface area contributed by atoms with Crippen LogP contribution in [0.2, 0.25) is 0 Å². The highest BCUT2D eigenvalue weighted by molar-refractivity contribution is 7.89. The minimum Gasteiger partial charge on any atom is -0.338 e. The van der Waals surface area contributed by atoms with Crippen LogP contribution in [0.1, 0.15) is 4.88 Å². The molecule has 4 aromatic heterocycles. The average molecular weight is 597 g/mol. The largest absolute Gasteiger partial charge is 0.338 e. The maximum atomic E-state index is 13.8. The third kappa shape index (κ3) is 5.25. The lowest BCUT2D eigenvalue weighted by atomic mass is 10.3. The van der Waals surface area contributed by atoms with Crippen LogP contribution < -0.4 is 15.4 Å². The fraction of sp³-hybridized carbons (Fsp3) is 0.400. The van der Waals surface area contributed by atoms with E-state index in [0.717, 1.165) is 11.3 Å². The number of hydrogen-bond acceptors (Lipinski definition) is 12. The van der Waals surface area contributed by atoms with Crippen LogP contribution in [0.15, 0.2) is 52.9 Å². The van der Waals surface area contributed by atoms with Crippen LogP contribution in [0.4, 0.5) is 11.9 Å². The molecule has 0 N–H and O–H groups in total. The molecule has 4 aromatic rings. The predicted octanol–water partition coefficient (Wildman–Crippen LogP) is 0.206. The normalized spacial score (nSPS) is 16.9. The fourth-order valence-electron chi connectivity index (χ4n) is 5.10. The average Bonchev–Trinajstić information content (AvgIpc) is 3.37. The molecule has 1 amide bonds. The van der Waals surface area contributed by atoms with Gasteiger partial charge in [0.25, 0.3) is 5.56 Å². The highest BCUT2D eigenvalue weighted by atomic mass is 32.2. The number of carbonyl (C=O) groups excluding carboxylic acids is 1. The van der Waals surface area contributed by atoms with Gasteiger partial charge >= 0.3 is 0 Å². The highest BCUT2D eigenvalue weighted by Crippen LogP contribution is 2.33. The molecular formula is C25H28N10O4S2. The maximum Gasteiger partial charge on any atom is 0.263 e. The van der Waals surface area contributed by atoms with E-state index < -0.39 is 15.6 Å². The van der Waals surface area contributed by atoms with Crippen LogP contribution in [-0.4, -0.2) is 105 Å². The molecule has 2 aliphatic rings. The summed E-state index contributed by atoms with van der Waals surface area (Å²) in [5, 5.41) is 0.0302. The zero-order valence-electron chi connectivity index (χ0n) is 22.3. The molecule has 41 heavy (non-hydrogen) atoms. The van der Waals surface area contributed by atoms with E-state index in [1.54, 1.807) is 48.7 Å². The topological polar surface area (TPSA) is 151 Å². The van der Waals surface area contributed by atoms with Crippen molar-refractivity contribution < 1.29 is 13.2 Å². The predicted molar refractivity (Wildman–Crippen MR) is 152 cm³/mol. The molecule has 0 bridgehead atoms. The zero-order valence-corrected chi connectivity index (χ0v) is 24.0. The first kappa shape index (κ1) is 27.2. The molecule has 6 heterocycles. The van der Waals surface area contributed by atoms with Crippen LogP contribution >= 0.6 is 11.3 Å². The van der Waals surface area contributed by atoms with Crippen molar-refractivity contribution in [2.45, 2.75) is 18.4 Å². The van der Waals surface area contributed by atoms with E-state index in [1.807, 2.05) is 9.80 Å². The Kier molecular flexibility index (Phi) is 7.35. The number of rotatable bonds is 6. The van der Waals surface area contributed by atoms with E-state index in [1.165, 1.54) is 15.2 Å². The van der Waals surface area contributed by atoms with E-state index in [-0.39, 0.29) is 35.8 Å². The van der Waals surface area contributed by atoms with Crippen molar-refractivity contribution in [1.29, 1.82) is 0 Å². The molecule has 0 aromatic carbocycles. The Bertz CT molecular complexity index is 1710. The fourth-order valence-corrected chi connectivity index (χ4v) is 8.19. The zero-order chi connectivity index (χ0) is 28.6. The Morgan fingerprint density at radius 1 is 0.829 bits per heavy atom. The second-order valence-corrected chi connectivity index (χ2v) is 12.8. The van der Waals surface area contributed by atoms with Gasteiger partial charge in [-0.15, -0.1) is 11.3 Å². The molecule has 0 radical (unpaired) electrons. The quantitative estimate of drug-likeness (QED) is 0.300. The van der Waals surface area contributed by atoms with Gasteiger partial charge in [-0.1, -0.05) is 0 Å². The van der Waals surface area contributed by atoms with Crippen LogP contribution in [0.5, 0.6) is 0 Å². The molecule has 14 nitrogen and oxygen atoms in total. The van der Waals surface area contributed by atoms with Crippen LogP contribution in [0.3, 0.4) is 0 Å². The summed E-state index contributed by atoms with van der Waals surface area (Å²) in [6.07, 6.45) is 7.97. The van der Waals surface area contributed by atoms with Crippen LogP contribution in [0.25, 0.3) is 10.2 Å². The molecule has 0 unspecified atom stereocenters. The number of thiophene rings is 1. The van der Waals surface area contributed by atoms with Gasteiger partial charge in [0.15, 0.2) is 0 Å². The first-order valence-electron chi connectivity index (χ1n) is 13.1. The minimum absolute atomic E-state index is 0.0299. The van der Waals surface area contributed by atoms with Crippen molar-refractivity contribution in [2.75, 3.05) is 62.2 Å². The van der Waals surface area contributed by atoms with Gasteiger partial charge in [-0.25, -0.2) is 33.3 Å². The molecule has 0 atom stereocenters. The van der Waals surface area contributed by atoms with E-state index in [0.29, 0.717) is 60.9 Å². The number of nitrogens with zero attached hydrogens (tertiary/aromatic N) is 10. The summed E-state index contributed by atoms with van der Waals surface area (Å²) in [5.74, 6) is 0.924. The molecule has 2 saturated heterocycles. The van der Waals surface area contributed by atoms with Crippen molar-refractivity contribution in [3.63, 3.8) is 0 Å². The molecule has 16 heteroatoms. The first-order chi connectivity index (χ1) is 19.8. The number of hydrogen-bond donors (Lipinski definition) is 0. The Hall–Kier alpha value is -4.02. The van der Waals surface area contributed by atoms with Crippen molar-refractivity contribution in [1.82, 2.24) is 38.7 Å². The van der Waals surface area contributed by atoms with Crippen LogP contribution in [0, 0.1) is 6.92 Å². The number of anilines is 2. The van der Waals surface area contributed by atoms with E-state index in [4.69, 9.17) is 0 Å². The molecule has 2 aliphatic heterocycles. The third-order valence-electron chi connectivity index (χ3n) is 7.24. The highest BCUT2D eigenvalue weighted by Gasteiger charge is 2.34. The Labute approximate surface area is 240 Å². The summed E-state index contributed by atoms with van der Waals surface area (Å²) in [6.45, 7) is 4.79. The molecular weight excluding hydrogens is 568 g/mol. The summed E-state index contributed by atoms with van der Waals surface area (Å²) in [4.78, 5) is 54.5. The molecule has 2 fully saturated rings. The standard InChI is InChI=1S/C25H28N10O4S2/c1-18-21(41(38,39)35-14-12-33(13-15-35)25-28-6-3-7-29-25)20-22(40-18)30-17-34(23(20)37)16-19(36)31-8-10-32(11-9-31)24-26-4-2-5-27-24/h2-7,17H,8-16H2,1H3. The summed E-state index contributed by atoms with van der Waals surface area (Å²) in [7, 11) is -3.99. The van der Waals surface area contributed by atoms with E-state index in [2.05, 4.69) is 24.9 Å².